The molecule has 0 aliphatic carbocycles. The van der Waals surface area contributed by atoms with E-state index in [0.717, 1.165) is 38.7 Å². The van der Waals surface area contributed by atoms with Gasteiger partial charge in [0.15, 0.2) is 23.2 Å². The van der Waals surface area contributed by atoms with Gasteiger partial charge in [0.2, 0.25) is 0 Å². The van der Waals surface area contributed by atoms with E-state index in [0.29, 0.717) is 42.1 Å². The molecule has 1 aliphatic heterocycles. The number of anilines is 1. The van der Waals surface area contributed by atoms with Gasteiger partial charge in [-0.25, -0.2) is 15.0 Å². The Morgan fingerprint density at radius 3 is 2.76 bits per heavy atom. The second kappa shape index (κ2) is 13.0. The maximum atomic E-state index is 13.3. The van der Waals surface area contributed by atoms with Crippen molar-refractivity contribution >= 4 is 44.7 Å². The van der Waals surface area contributed by atoms with Crippen molar-refractivity contribution in [2.75, 3.05) is 18.5 Å². The molecular weight excluding hydrogens is 624 g/mol. The summed E-state index contributed by atoms with van der Waals surface area (Å²) in [6.45, 7) is 0.631. The van der Waals surface area contributed by atoms with Gasteiger partial charge in [-0.1, -0.05) is 30.3 Å². The minimum absolute atomic E-state index is 0.382. The van der Waals surface area contributed by atoms with Crippen molar-refractivity contribution in [3.05, 3.63) is 115 Å². The Bertz CT molecular complexity index is 2250. The third-order valence-corrected chi connectivity index (χ3v) is 8.97. The Balaban J connectivity index is 0.977. The van der Waals surface area contributed by atoms with Crippen LogP contribution >= 0.6 is 0 Å². The highest BCUT2D eigenvalue weighted by Gasteiger charge is 2.46. The van der Waals surface area contributed by atoms with Crippen LogP contribution in [0, 0.1) is 0 Å². The van der Waals surface area contributed by atoms with Crippen molar-refractivity contribution < 1.29 is 24.5 Å². The zero-order valence-electron chi connectivity index (χ0n) is 26.3. The lowest BCUT2D eigenvalue weighted by atomic mass is 10.1. The Labute approximate surface area is 279 Å². The molecule has 0 bridgehead atoms. The largest absolute Gasteiger partial charge is 0.489 e. The highest BCUT2D eigenvalue weighted by molar-refractivity contribution is 5.98. The third-order valence-electron chi connectivity index (χ3n) is 8.97. The highest BCUT2D eigenvalue weighted by atomic mass is 16.5. The molecule has 4 aromatic heterocycles. The van der Waals surface area contributed by atoms with Crippen LogP contribution in [0.1, 0.15) is 27.7 Å². The van der Waals surface area contributed by atoms with E-state index in [1.54, 1.807) is 29.2 Å². The average Bonchev–Trinajstić information content (AvgIpc) is 3.93. The van der Waals surface area contributed by atoms with Gasteiger partial charge in [-0.2, -0.15) is 0 Å². The van der Waals surface area contributed by atoms with Crippen LogP contribution in [0.15, 0.2) is 97.8 Å². The second-order valence-corrected chi connectivity index (χ2v) is 12.0. The number of H-pyrrole nitrogens is 2. The molecule has 0 saturated carbocycles. The minimum Gasteiger partial charge on any atom is -0.489 e. The first-order valence-electron chi connectivity index (χ1n) is 16.1. The summed E-state index contributed by atoms with van der Waals surface area (Å²) >= 11 is 0. The fourth-order valence-corrected chi connectivity index (χ4v) is 6.40. The normalized spacial score (nSPS) is 19.1. The molecule has 1 aliphatic rings. The number of nitrogens with one attached hydrogen (secondary N) is 4. The first-order valence-corrected chi connectivity index (χ1v) is 16.1. The Morgan fingerprint density at radius 2 is 1.88 bits per heavy atom. The quantitative estimate of drug-likeness (QED) is 0.120. The number of ether oxygens (including phenoxy) is 2. The van der Waals surface area contributed by atoms with E-state index in [1.165, 1.54) is 6.33 Å². The van der Waals surface area contributed by atoms with E-state index in [2.05, 4.69) is 41.6 Å². The fourth-order valence-electron chi connectivity index (χ4n) is 6.40. The van der Waals surface area contributed by atoms with Gasteiger partial charge >= 0.3 is 0 Å². The number of aromatic nitrogens is 6. The topological polar surface area (TPSA) is 175 Å². The molecule has 0 spiro atoms. The molecule has 3 aromatic carbocycles. The van der Waals surface area contributed by atoms with Gasteiger partial charge in [-0.3, -0.25) is 9.36 Å². The Morgan fingerprint density at radius 1 is 1.00 bits per heavy atom. The van der Waals surface area contributed by atoms with E-state index in [9.17, 15) is 15.0 Å². The van der Waals surface area contributed by atoms with E-state index in [1.807, 2.05) is 60.8 Å². The molecule has 1 fully saturated rings. The number of aromatic amines is 2. The third kappa shape index (κ3) is 5.95. The van der Waals surface area contributed by atoms with Crippen LogP contribution in [0.4, 0.5) is 5.82 Å². The molecule has 49 heavy (non-hydrogen) atoms. The van der Waals surface area contributed by atoms with E-state index >= 15 is 0 Å². The van der Waals surface area contributed by atoms with Gasteiger partial charge in [-0.15, -0.1) is 0 Å². The van der Waals surface area contributed by atoms with Crippen molar-refractivity contribution in [2.45, 2.75) is 37.5 Å². The van der Waals surface area contributed by atoms with Gasteiger partial charge in [0.1, 0.15) is 36.9 Å². The summed E-state index contributed by atoms with van der Waals surface area (Å²) in [6.07, 6.45) is 4.51. The van der Waals surface area contributed by atoms with E-state index < -0.39 is 31.1 Å². The van der Waals surface area contributed by atoms with Crippen LogP contribution in [-0.4, -0.2) is 77.0 Å². The van der Waals surface area contributed by atoms with Crippen molar-refractivity contribution in [2.24, 2.45) is 0 Å². The van der Waals surface area contributed by atoms with Crippen LogP contribution in [0.5, 0.6) is 5.75 Å². The van der Waals surface area contributed by atoms with E-state index in [4.69, 9.17) is 9.47 Å². The number of nitrogens with zero attached hydrogens (tertiary/aromatic N) is 4. The summed E-state index contributed by atoms with van der Waals surface area (Å²) in [6, 6.07) is 22.4. The second-order valence-electron chi connectivity index (χ2n) is 12.0. The number of benzene rings is 3. The van der Waals surface area contributed by atoms with Gasteiger partial charge in [0, 0.05) is 46.3 Å². The molecule has 248 valence electrons. The Kier molecular flexibility index (Phi) is 8.13. The molecule has 0 unspecified atom stereocenters. The lowest BCUT2D eigenvalue weighted by Gasteiger charge is -2.23. The summed E-state index contributed by atoms with van der Waals surface area (Å²) in [5.74, 6) is 0.952. The van der Waals surface area contributed by atoms with Gasteiger partial charge in [0.05, 0.1) is 12.9 Å². The standard InChI is InChI=1S/C36H34N8O5/c45-17-29-32(46)30(43-35(47)23-6-8-27-22(14-23)10-12-37-27)36(49-29)44-20-42-31-33(40-19-41-34(31)44)38-13-11-24-16-39-28-9-7-25(15-26(24)28)48-18-21-4-2-1-3-5-21/h1-10,12,14-16,19-20,29-30,32,36-37,39,45-46H,11,13,17-18H2,(H,43,47)(H,38,40,41)/t29-,30-,32-,36-/m1/s1. The predicted molar refractivity (Wildman–Crippen MR) is 183 cm³/mol. The number of hydrogen-bond donors (Lipinski definition) is 6. The van der Waals surface area contributed by atoms with E-state index in [-0.39, 0.29) is 5.91 Å². The molecule has 7 aromatic rings. The zero-order chi connectivity index (χ0) is 33.3. The highest BCUT2D eigenvalue weighted by Crippen LogP contribution is 2.33. The van der Waals surface area contributed by atoms with Crippen molar-refractivity contribution in [1.82, 2.24) is 34.8 Å². The van der Waals surface area contributed by atoms with Crippen LogP contribution in [0.25, 0.3) is 33.0 Å². The molecule has 13 nitrogen and oxygen atoms in total. The number of hydrogen-bond acceptors (Lipinski definition) is 9. The number of fused-ring (bicyclic) bond motifs is 3. The van der Waals surface area contributed by atoms with Crippen molar-refractivity contribution in [1.29, 1.82) is 0 Å². The lowest BCUT2D eigenvalue weighted by Crippen LogP contribution is -2.46. The van der Waals surface area contributed by atoms with Crippen molar-refractivity contribution in [3.8, 4) is 5.75 Å². The first-order chi connectivity index (χ1) is 24.1. The summed E-state index contributed by atoms with van der Waals surface area (Å²) in [5, 5.41) is 29.3. The number of carbonyl (C=O) groups is 1. The fraction of sp³-hybridized carbons (Fsp3) is 0.222. The van der Waals surface area contributed by atoms with Crippen molar-refractivity contribution in [3.63, 3.8) is 0 Å². The smallest absolute Gasteiger partial charge is 0.251 e. The van der Waals surface area contributed by atoms with Crippen LogP contribution in [0.2, 0.25) is 0 Å². The maximum absolute atomic E-state index is 13.3. The number of amides is 1. The van der Waals surface area contributed by atoms with Gasteiger partial charge < -0.3 is 40.3 Å². The molecule has 8 rings (SSSR count). The molecule has 5 heterocycles. The number of carbonyl (C=O) groups excluding carboxylic acids is 1. The number of aliphatic hydroxyl groups is 2. The Hall–Kier alpha value is -5.76. The monoisotopic (exact) mass is 658 g/mol. The first kappa shape index (κ1) is 30.6. The van der Waals surface area contributed by atoms with Crippen LogP contribution in [-0.2, 0) is 17.8 Å². The van der Waals surface area contributed by atoms with Crippen LogP contribution in [0.3, 0.4) is 0 Å². The molecule has 0 radical (unpaired) electrons. The molecule has 1 amide bonds. The summed E-state index contributed by atoms with van der Waals surface area (Å²) < 4.78 is 13.8. The minimum atomic E-state index is -1.17. The zero-order valence-corrected chi connectivity index (χ0v) is 26.3. The molecule has 4 atom stereocenters. The summed E-state index contributed by atoms with van der Waals surface area (Å²) in [5.41, 5.74) is 5.56. The average molecular weight is 659 g/mol. The number of rotatable bonds is 11. The summed E-state index contributed by atoms with van der Waals surface area (Å²) in [4.78, 5) is 33.3. The van der Waals surface area contributed by atoms with Crippen LogP contribution < -0.4 is 15.4 Å². The lowest BCUT2D eigenvalue weighted by molar-refractivity contribution is -0.0440. The van der Waals surface area contributed by atoms with Gasteiger partial charge in [0.25, 0.3) is 5.91 Å². The SMILES string of the molecule is O=C(N[C@@H]1[C@H](O)[C@@H](CO)O[C@H]1n1cnc2c(NCCc3c[nH]c4ccc(OCc5ccccc5)cc34)ncnc21)c1ccc2[nH]ccc2c1. The maximum Gasteiger partial charge on any atom is 0.251 e. The summed E-state index contributed by atoms with van der Waals surface area (Å²) in [7, 11) is 0. The number of aliphatic hydroxyl groups excluding tert-OH is 2. The molecule has 13 heteroatoms. The molecular formula is C36H34N8O5. The molecule has 6 N–H and O–H groups in total. The predicted octanol–water partition coefficient (Wildman–Crippen LogP) is 4.07. The number of imidazole rings is 1. The molecule has 1 saturated heterocycles. The van der Waals surface area contributed by atoms with Gasteiger partial charge in [-0.05, 0) is 60.0 Å².